The second kappa shape index (κ2) is 7.79. The molecular formula is C19H22BrN3O. The molecule has 0 radical (unpaired) electrons. The van der Waals surface area contributed by atoms with Crippen molar-refractivity contribution in [2.45, 2.75) is 38.6 Å². The molecule has 1 fully saturated rings. The van der Waals surface area contributed by atoms with Crippen LogP contribution in [-0.4, -0.2) is 28.4 Å². The van der Waals surface area contributed by atoms with Crippen molar-refractivity contribution in [2.75, 3.05) is 11.9 Å². The van der Waals surface area contributed by atoms with E-state index in [-0.39, 0.29) is 5.91 Å². The average molecular weight is 388 g/mol. The van der Waals surface area contributed by atoms with E-state index in [1.165, 1.54) is 6.42 Å². The molecule has 1 amide bonds. The Morgan fingerprint density at radius 1 is 1.29 bits per heavy atom. The van der Waals surface area contributed by atoms with Crippen molar-refractivity contribution in [3.8, 4) is 0 Å². The maximum Gasteiger partial charge on any atom is 0.254 e. The number of anilines is 2. The Balaban J connectivity index is 1.76. The number of rotatable bonds is 4. The minimum absolute atomic E-state index is 0.114. The highest BCUT2D eigenvalue weighted by atomic mass is 79.9. The topological polar surface area (TPSA) is 45.2 Å². The Morgan fingerprint density at radius 3 is 2.83 bits per heavy atom. The zero-order valence-corrected chi connectivity index (χ0v) is 15.4. The number of hydrogen-bond donors (Lipinski definition) is 1. The molecule has 0 saturated carbocycles. The van der Waals surface area contributed by atoms with Crippen LogP contribution >= 0.6 is 15.9 Å². The molecular weight excluding hydrogens is 366 g/mol. The van der Waals surface area contributed by atoms with E-state index in [0.29, 0.717) is 17.4 Å². The van der Waals surface area contributed by atoms with E-state index in [2.05, 4.69) is 33.2 Å². The van der Waals surface area contributed by atoms with Crippen molar-refractivity contribution < 1.29 is 4.79 Å². The van der Waals surface area contributed by atoms with Crippen LogP contribution in [0.25, 0.3) is 0 Å². The molecule has 0 spiro atoms. The maximum absolute atomic E-state index is 12.9. The van der Waals surface area contributed by atoms with Crippen LogP contribution in [0.2, 0.25) is 0 Å². The number of benzene rings is 1. The lowest BCUT2D eigenvalue weighted by Gasteiger charge is -2.35. The van der Waals surface area contributed by atoms with Gasteiger partial charge in [-0.1, -0.05) is 22.9 Å². The predicted molar refractivity (Wildman–Crippen MR) is 101 cm³/mol. The van der Waals surface area contributed by atoms with Crippen LogP contribution < -0.4 is 5.32 Å². The summed E-state index contributed by atoms with van der Waals surface area (Å²) in [5.41, 5.74) is 1.64. The summed E-state index contributed by atoms with van der Waals surface area (Å²) in [6.07, 6.45) is 6.13. The number of likely N-dealkylation sites (tertiary alicyclic amines) is 1. The molecule has 4 nitrogen and oxygen atoms in total. The van der Waals surface area contributed by atoms with Gasteiger partial charge in [-0.25, -0.2) is 4.98 Å². The molecule has 1 atom stereocenters. The number of carbonyl (C=O) groups is 1. The molecule has 0 bridgehead atoms. The average Bonchev–Trinajstić information content (AvgIpc) is 2.63. The molecule has 1 aromatic heterocycles. The normalized spacial score (nSPS) is 17.6. The maximum atomic E-state index is 12.9. The van der Waals surface area contributed by atoms with Gasteiger partial charge in [0, 0.05) is 34.5 Å². The third-order valence-corrected chi connectivity index (χ3v) is 5.01. The Morgan fingerprint density at radius 2 is 2.08 bits per heavy atom. The SMILES string of the molecule is CCC1CCCCN1C(=O)c1ccnc(Nc2ccc(Br)cc2)c1. The van der Waals surface area contributed by atoms with Crippen LogP contribution in [0.5, 0.6) is 0 Å². The van der Waals surface area contributed by atoms with Crippen LogP contribution in [0.3, 0.4) is 0 Å². The molecule has 1 aliphatic heterocycles. The summed E-state index contributed by atoms with van der Waals surface area (Å²) in [5, 5.41) is 3.25. The van der Waals surface area contributed by atoms with Gasteiger partial charge in [0.2, 0.25) is 0 Å². The zero-order chi connectivity index (χ0) is 16.9. The molecule has 24 heavy (non-hydrogen) atoms. The standard InChI is InChI=1S/C19H22BrN3O/c1-2-17-5-3-4-12-23(17)19(24)14-10-11-21-18(13-14)22-16-8-6-15(20)7-9-16/h6-11,13,17H,2-5,12H2,1H3,(H,21,22). The number of halogens is 1. The third-order valence-electron chi connectivity index (χ3n) is 4.48. The molecule has 0 aliphatic carbocycles. The molecule has 2 aromatic rings. The number of carbonyl (C=O) groups excluding carboxylic acids is 1. The van der Waals surface area contributed by atoms with Crippen molar-refractivity contribution in [2.24, 2.45) is 0 Å². The number of pyridine rings is 1. The monoisotopic (exact) mass is 387 g/mol. The summed E-state index contributed by atoms with van der Waals surface area (Å²) >= 11 is 3.42. The fourth-order valence-electron chi connectivity index (χ4n) is 3.17. The number of piperidine rings is 1. The highest BCUT2D eigenvalue weighted by Gasteiger charge is 2.26. The first-order valence-corrected chi connectivity index (χ1v) is 9.26. The summed E-state index contributed by atoms with van der Waals surface area (Å²) < 4.78 is 1.03. The van der Waals surface area contributed by atoms with E-state index in [0.717, 1.165) is 36.0 Å². The number of nitrogens with one attached hydrogen (secondary N) is 1. The van der Waals surface area contributed by atoms with Crippen LogP contribution in [0.1, 0.15) is 43.0 Å². The van der Waals surface area contributed by atoms with Gasteiger partial charge in [-0.15, -0.1) is 0 Å². The van der Waals surface area contributed by atoms with Gasteiger partial charge in [-0.3, -0.25) is 4.79 Å². The van der Waals surface area contributed by atoms with Crippen LogP contribution in [0, 0.1) is 0 Å². The molecule has 1 N–H and O–H groups in total. The van der Waals surface area contributed by atoms with E-state index in [1.807, 2.05) is 35.2 Å². The smallest absolute Gasteiger partial charge is 0.254 e. The minimum atomic E-state index is 0.114. The summed E-state index contributed by atoms with van der Waals surface area (Å²) in [5.74, 6) is 0.802. The lowest BCUT2D eigenvalue weighted by molar-refractivity contribution is 0.0608. The van der Waals surface area contributed by atoms with Gasteiger partial charge in [0.05, 0.1) is 0 Å². The quantitative estimate of drug-likeness (QED) is 0.803. The fourth-order valence-corrected chi connectivity index (χ4v) is 3.44. The summed E-state index contributed by atoms with van der Waals surface area (Å²) in [7, 11) is 0. The van der Waals surface area contributed by atoms with Gasteiger partial charge in [0.15, 0.2) is 0 Å². The summed E-state index contributed by atoms with van der Waals surface area (Å²) in [6, 6.07) is 11.9. The van der Waals surface area contributed by atoms with E-state index >= 15 is 0 Å². The highest BCUT2D eigenvalue weighted by molar-refractivity contribution is 9.10. The molecule has 1 unspecified atom stereocenters. The first-order valence-electron chi connectivity index (χ1n) is 8.47. The van der Waals surface area contributed by atoms with Crippen molar-refractivity contribution in [1.82, 2.24) is 9.88 Å². The number of aromatic nitrogens is 1. The largest absolute Gasteiger partial charge is 0.340 e. The van der Waals surface area contributed by atoms with Gasteiger partial charge >= 0.3 is 0 Å². The third kappa shape index (κ3) is 3.96. The Bertz CT molecular complexity index is 702. The van der Waals surface area contributed by atoms with Gasteiger partial charge in [0.25, 0.3) is 5.91 Å². The van der Waals surface area contributed by atoms with Crippen molar-refractivity contribution >= 4 is 33.3 Å². The second-order valence-electron chi connectivity index (χ2n) is 6.12. The van der Waals surface area contributed by atoms with E-state index in [1.54, 1.807) is 12.3 Å². The number of nitrogens with zero attached hydrogens (tertiary/aromatic N) is 2. The lowest BCUT2D eigenvalue weighted by atomic mass is 9.99. The van der Waals surface area contributed by atoms with E-state index in [4.69, 9.17) is 0 Å². The zero-order valence-electron chi connectivity index (χ0n) is 13.8. The van der Waals surface area contributed by atoms with Crippen LogP contribution in [0.4, 0.5) is 11.5 Å². The van der Waals surface area contributed by atoms with Gasteiger partial charge < -0.3 is 10.2 Å². The molecule has 1 saturated heterocycles. The molecule has 3 rings (SSSR count). The van der Waals surface area contributed by atoms with Gasteiger partial charge in [-0.2, -0.15) is 0 Å². The molecule has 1 aliphatic rings. The Kier molecular flexibility index (Phi) is 5.51. The molecule has 126 valence electrons. The summed E-state index contributed by atoms with van der Waals surface area (Å²) in [6.45, 7) is 3.01. The first-order chi connectivity index (χ1) is 11.7. The first kappa shape index (κ1) is 17.0. The van der Waals surface area contributed by atoms with Crippen LogP contribution in [-0.2, 0) is 0 Å². The van der Waals surface area contributed by atoms with Crippen LogP contribution in [0.15, 0.2) is 47.1 Å². The van der Waals surface area contributed by atoms with Crippen molar-refractivity contribution in [1.29, 1.82) is 0 Å². The molecule has 5 heteroatoms. The number of hydrogen-bond acceptors (Lipinski definition) is 3. The summed E-state index contributed by atoms with van der Waals surface area (Å²) in [4.78, 5) is 19.2. The molecule has 1 aromatic carbocycles. The van der Waals surface area contributed by atoms with E-state index in [9.17, 15) is 4.79 Å². The second-order valence-corrected chi connectivity index (χ2v) is 7.03. The van der Waals surface area contributed by atoms with Crippen molar-refractivity contribution in [3.63, 3.8) is 0 Å². The lowest BCUT2D eigenvalue weighted by Crippen LogP contribution is -2.43. The van der Waals surface area contributed by atoms with Gasteiger partial charge in [-0.05, 0) is 62.1 Å². The Hall–Kier alpha value is -1.88. The fraction of sp³-hybridized carbons (Fsp3) is 0.368. The van der Waals surface area contributed by atoms with E-state index < -0.39 is 0 Å². The Labute approximate surface area is 151 Å². The number of amides is 1. The van der Waals surface area contributed by atoms with Gasteiger partial charge in [0.1, 0.15) is 5.82 Å². The predicted octanol–water partition coefficient (Wildman–Crippen LogP) is 4.99. The van der Waals surface area contributed by atoms with Crippen molar-refractivity contribution in [3.05, 3.63) is 52.6 Å². The minimum Gasteiger partial charge on any atom is -0.340 e. The molecule has 2 heterocycles. The highest BCUT2D eigenvalue weighted by Crippen LogP contribution is 2.23.